The number of rotatable bonds is 5. The van der Waals surface area contributed by atoms with E-state index in [4.69, 9.17) is 5.11 Å². The van der Waals surface area contributed by atoms with Gasteiger partial charge in [-0.05, 0) is 32.6 Å². The minimum absolute atomic E-state index is 0.0370. The van der Waals surface area contributed by atoms with Crippen molar-refractivity contribution in [2.24, 2.45) is 0 Å². The smallest absolute Gasteiger partial charge is 0.0693 e. The van der Waals surface area contributed by atoms with E-state index in [1.807, 2.05) is 0 Å². The van der Waals surface area contributed by atoms with E-state index in [1.54, 1.807) is 0 Å². The first-order valence-corrected chi connectivity index (χ1v) is 6.68. The molecule has 0 radical (unpaired) electrons. The van der Waals surface area contributed by atoms with Crippen LogP contribution in [0.15, 0.2) is 0 Å². The minimum atomic E-state index is -0.216. The SMILES string of the molecule is CCC(C)(CCO)NC1CCCCCC1O. The van der Waals surface area contributed by atoms with Gasteiger partial charge in [0.05, 0.1) is 6.10 Å². The van der Waals surface area contributed by atoms with Crippen molar-refractivity contribution in [3.05, 3.63) is 0 Å². The second kappa shape index (κ2) is 6.58. The standard InChI is InChI=1S/C13H27NO2/c1-3-13(2,9-10-15)14-11-7-5-4-6-8-12(11)16/h11-12,14-16H,3-10H2,1-2H3. The van der Waals surface area contributed by atoms with Crippen LogP contribution in [0.1, 0.15) is 58.8 Å². The molecule has 0 amide bonds. The zero-order valence-electron chi connectivity index (χ0n) is 10.7. The lowest BCUT2D eigenvalue weighted by Gasteiger charge is -2.35. The van der Waals surface area contributed by atoms with Crippen LogP contribution < -0.4 is 5.32 Å². The predicted molar refractivity (Wildman–Crippen MR) is 66.4 cm³/mol. The highest BCUT2D eigenvalue weighted by molar-refractivity contribution is 4.89. The third-order valence-corrected chi connectivity index (χ3v) is 3.96. The molecule has 0 spiro atoms. The fourth-order valence-electron chi connectivity index (χ4n) is 2.50. The number of nitrogens with one attached hydrogen (secondary N) is 1. The average molecular weight is 229 g/mol. The monoisotopic (exact) mass is 229 g/mol. The lowest BCUT2D eigenvalue weighted by Crippen LogP contribution is -2.52. The topological polar surface area (TPSA) is 52.5 Å². The summed E-state index contributed by atoms with van der Waals surface area (Å²) in [6.07, 6.45) is 7.07. The quantitative estimate of drug-likeness (QED) is 0.630. The van der Waals surface area contributed by atoms with Gasteiger partial charge in [0.25, 0.3) is 0 Å². The Bertz CT molecular complexity index is 198. The molecule has 0 aromatic carbocycles. The molecule has 3 atom stereocenters. The van der Waals surface area contributed by atoms with Gasteiger partial charge < -0.3 is 15.5 Å². The number of hydrogen-bond acceptors (Lipinski definition) is 3. The van der Waals surface area contributed by atoms with Crippen LogP contribution in [0.25, 0.3) is 0 Å². The van der Waals surface area contributed by atoms with Crippen LogP contribution in [0, 0.1) is 0 Å². The summed E-state index contributed by atoms with van der Waals surface area (Å²) in [5.41, 5.74) is -0.0370. The normalized spacial score (nSPS) is 30.8. The molecule has 0 aromatic heterocycles. The molecule has 0 aliphatic heterocycles. The van der Waals surface area contributed by atoms with Crippen molar-refractivity contribution in [3.63, 3.8) is 0 Å². The van der Waals surface area contributed by atoms with E-state index in [0.717, 1.165) is 32.1 Å². The van der Waals surface area contributed by atoms with Crippen molar-refractivity contribution in [2.75, 3.05) is 6.61 Å². The number of hydrogen-bond donors (Lipinski definition) is 3. The maximum absolute atomic E-state index is 10.1. The lowest BCUT2D eigenvalue weighted by molar-refractivity contribution is 0.0921. The first-order chi connectivity index (χ1) is 7.61. The van der Waals surface area contributed by atoms with Crippen LogP contribution >= 0.6 is 0 Å². The summed E-state index contributed by atoms with van der Waals surface area (Å²) in [6.45, 7) is 4.48. The Hall–Kier alpha value is -0.120. The van der Waals surface area contributed by atoms with Crippen LogP contribution in [0.4, 0.5) is 0 Å². The molecule has 1 aliphatic rings. The fraction of sp³-hybridized carbons (Fsp3) is 1.00. The average Bonchev–Trinajstić information content (AvgIpc) is 2.45. The maximum atomic E-state index is 10.1. The molecule has 96 valence electrons. The zero-order valence-corrected chi connectivity index (χ0v) is 10.7. The van der Waals surface area contributed by atoms with Gasteiger partial charge in [-0.2, -0.15) is 0 Å². The molecule has 3 nitrogen and oxygen atoms in total. The summed E-state index contributed by atoms with van der Waals surface area (Å²) in [7, 11) is 0. The Morgan fingerprint density at radius 2 is 1.94 bits per heavy atom. The third kappa shape index (κ3) is 4.04. The van der Waals surface area contributed by atoms with E-state index >= 15 is 0 Å². The van der Waals surface area contributed by atoms with E-state index in [1.165, 1.54) is 12.8 Å². The van der Waals surface area contributed by atoms with Crippen molar-refractivity contribution in [2.45, 2.75) is 76.5 Å². The molecular formula is C13H27NO2. The fourth-order valence-corrected chi connectivity index (χ4v) is 2.50. The third-order valence-electron chi connectivity index (χ3n) is 3.96. The van der Waals surface area contributed by atoms with Crippen LogP contribution in [-0.2, 0) is 0 Å². The minimum Gasteiger partial charge on any atom is -0.396 e. The van der Waals surface area contributed by atoms with Gasteiger partial charge >= 0.3 is 0 Å². The Balaban J connectivity index is 2.54. The van der Waals surface area contributed by atoms with Crippen molar-refractivity contribution >= 4 is 0 Å². The molecule has 0 saturated heterocycles. The summed E-state index contributed by atoms with van der Waals surface area (Å²) in [4.78, 5) is 0. The van der Waals surface area contributed by atoms with E-state index in [9.17, 15) is 5.11 Å². The van der Waals surface area contributed by atoms with E-state index in [0.29, 0.717) is 0 Å². The largest absolute Gasteiger partial charge is 0.396 e. The van der Waals surface area contributed by atoms with Crippen molar-refractivity contribution < 1.29 is 10.2 Å². The van der Waals surface area contributed by atoms with Crippen LogP contribution in [0.2, 0.25) is 0 Å². The van der Waals surface area contributed by atoms with Crippen molar-refractivity contribution in [1.82, 2.24) is 5.32 Å². The predicted octanol–water partition coefficient (Wildman–Crippen LogP) is 1.82. The van der Waals surface area contributed by atoms with Crippen LogP contribution in [0.5, 0.6) is 0 Å². The molecule has 1 aliphatic carbocycles. The molecule has 3 unspecified atom stereocenters. The van der Waals surface area contributed by atoms with Crippen LogP contribution in [-0.4, -0.2) is 34.5 Å². The molecular weight excluding hydrogens is 202 g/mol. The maximum Gasteiger partial charge on any atom is 0.0693 e. The first-order valence-electron chi connectivity index (χ1n) is 6.68. The molecule has 0 heterocycles. The molecule has 0 bridgehead atoms. The van der Waals surface area contributed by atoms with Crippen molar-refractivity contribution in [1.29, 1.82) is 0 Å². The highest BCUT2D eigenvalue weighted by Gasteiger charge is 2.29. The number of aliphatic hydroxyl groups excluding tert-OH is 2. The molecule has 1 rings (SSSR count). The second-order valence-corrected chi connectivity index (χ2v) is 5.34. The summed E-state index contributed by atoms with van der Waals surface area (Å²) >= 11 is 0. The first kappa shape index (κ1) is 13.9. The van der Waals surface area contributed by atoms with Gasteiger partial charge in [0.15, 0.2) is 0 Å². The van der Waals surface area contributed by atoms with Gasteiger partial charge in [0, 0.05) is 18.2 Å². The summed E-state index contributed by atoms with van der Waals surface area (Å²) in [5, 5.41) is 22.7. The molecule has 3 heteroatoms. The van der Waals surface area contributed by atoms with Gasteiger partial charge in [-0.25, -0.2) is 0 Å². The molecule has 1 saturated carbocycles. The highest BCUT2D eigenvalue weighted by Crippen LogP contribution is 2.22. The van der Waals surface area contributed by atoms with E-state index < -0.39 is 0 Å². The molecule has 0 aromatic rings. The summed E-state index contributed by atoms with van der Waals surface area (Å²) in [6, 6.07) is 0.207. The Morgan fingerprint density at radius 3 is 2.56 bits per heavy atom. The summed E-state index contributed by atoms with van der Waals surface area (Å²) < 4.78 is 0. The summed E-state index contributed by atoms with van der Waals surface area (Å²) in [5.74, 6) is 0. The molecule has 16 heavy (non-hydrogen) atoms. The van der Waals surface area contributed by atoms with E-state index in [2.05, 4.69) is 19.2 Å². The van der Waals surface area contributed by atoms with Gasteiger partial charge in [-0.15, -0.1) is 0 Å². The Kier molecular flexibility index (Phi) is 5.73. The highest BCUT2D eigenvalue weighted by atomic mass is 16.3. The lowest BCUT2D eigenvalue weighted by atomic mass is 9.91. The van der Waals surface area contributed by atoms with Crippen molar-refractivity contribution in [3.8, 4) is 0 Å². The van der Waals surface area contributed by atoms with E-state index in [-0.39, 0.29) is 24.3 Å². The van der Waals surface area contributed by atoms with Crippen LogP contribution in [0.3, 0.4) is 0 Å². The van der Waals surface area contributed by atoms with Gasteiger partial charge in [-0.3, -0.25) is 0 Å². The zero-order chi connectivity index (χ0) is 12.0. The molecule has 3 N–H and O–H groups in total. The van der Waals surface area contributed by atoms with Gasteiger partial charge in [0.2, 0.25) is 0 Å². The second-order valence-electron chi connectivity index (χ2n) is 5.34. The Morgan fingerprint density at radius 1 is 1.25 bits per heavy atom. The number of aliphatic hydroxyl groups is 2. The Labute approximate surface area is 99.3 Å². The van der Waals surface area contributed by atoms with Gasteiger partial charge in [-0.1, -0.05) is 26.2 Å². The molecule has 1 fully saturated rings. The van der Waals surface area contributed by atoms with Gasteiger partial charge in [0.1, 0.15) is 0 Å².